The largest absolute Gasteiger partial charge is 0.352 e. The van der Waals surface area contributed by atoms with Gasteiger partial charge in [-0.15, -0.1) is 0 Å². The second-order valence-corrected chi connectivity index (χ2v) is 6.49. The number of nitrogens with one attached hydrogen (secondary N) is 2. The van der Waals surface area contributed by atoms with Crippen molar-refractivity contribution < 1.29 is 4.79 Å². The number of rotatable bonds is 5. The van der Waals surface area contributed by atoms with Crippen LogP contribution in [0.5, 0.6) is 0 Å². The Morgan fingerprint density at radius 3 is 3.05 bits per heavy atom. The van der Waals surface area contributed by atoms with Gasteiger partial charge in [0, 0.05) is 48.8 Å². The summed E-state index contributed by atoms with van der Waals surface area (Å²) in [6.07, 6.45) is 4.28. The average Bonchev–Trinajstić information content (AvgIpc) is 3.04. The minimum absolute atomic E-state index is 0.0902. The molecule has 0 aliphatic carbocycles. The van der Waals surface area contributed by atoms with Gasteiger partial charge in [-0.1, -0.05) is 18.2 Å². The number of carbonyl (C=O) groups is 1. The first-order valence-corrected chi connectivity index (χ1v) is 8.63. The molecule has 116 valence electrons. The topological polar surface area (TPSA) is 59.0 Å². The number of aromatic nitrogens is 2. The van der Waals surface area contributed by atoms with E-state index in [1.165, 1.54) is 0 Å². The summed E-state index contributed by atoms with van der Waals surface area (Å²) in [5.41, 5.74) is 2.02. The van der Waals surface area contributed by atoms with Crippen molar-refractivity contribution in [2.45, 2.75) is 19.0 Å². The number of carbonyl (C=O) groups excluding carboxylic acids is 1. The number of para-hydroxylation sites is 1. The number of nitrogens with zero attached hydrogens (tertiary/aromatic N) is 2. The van der Waals surface area contributed by atoms with E-state index in [9.17, 15) is 4.79 Å². The monoisotopic (exact) mass is 316 g/mol. The maximum absolute atomic E-state index is 12.0. The van der Waals surface area contributed by atoms with E-state index in [0.717, 1.165) is 29.3 Å². The first-order valence-electron chi connectivity index (χ1n) is 7.48. The molecule has 3 rings (SSSR count). The standard InChI is InChI=1S/C16H20N4OS/c21-16(8-14-12-22-7-6-17-14)18-9-13-10-19-20(11-13)15-4-2-1-3-5-15/h1-5,10-11,14,17H,6-9,12H2,(H,18,21). The van der Waals surface area contributed by atoms with Gasteiger partial charge in [0.25, 0.3) is 0 Å². The highest BCUT2D eigenvalue weighted by Gasteiger charge is 2.16. The number of hydrogen-bond donors (Lipinski definition) is 2. The van der Waals surface area contributed by atoms with Crippen LogP contribution in [0, 0.1) is 0 Å². The zero-order valence-electron chi connectivity index (χ0n) is 12.4. The summed E-state index contributed by atoms with van der Waals surface area (Å²) in [5, 5.41) is 10.7. The molecule has 2 heterocycles. The number of amides is 1. The van der Waals surface area contributed by atoms with E-state index in [1.54, 1.807) is 6.20 Å². The SMILES string of the molecule is O=C(CC1CSCCN1)NCc1cnn(-c2ccccc2)c1. The Kier molecular flexibility index (Phi) is 5.13. The van der Waals surface area contributed by atoms with Crippen LogP contribution < -0.4 is 10.6 Å². The van der Waals surface area contributed by atoms with Crippen LogP contribution in [0.2, 0.25) is 0 Å². The molecule has 1 aliphatic heterocycles. The summed E-state index contributed by atoms with van der Waals surface area (Å²) in [7, 11) is 0. The lowest BCUT2D eigenvalue weighted by Crippen LogP contribution is -2.41. The van der Waals surface area contributed by atoms with Crippen LogP contribution >= 0.6 is 11.8 Å². The van der Waals surface area contributed by atoms with E-state index < -0.39 is 0 Å². The molecule has 1 atom stereocenters. The molecular formula is C16H20N4OS. The van der Waals surface area contributed by atoms with E-state index >= 15 is 0 Å². The van der Waals surface area contributed by atoms with Gasteiger partial charge >= 0.3 is 0 Å². The molecule has 1 aromatic heterocycles. The van der Waals surface area contributed by atoms with Crippen molar-refractivity contribution in [2.24, 2.45) is 0 Å². The molecule has 6 heteroatoms. The lowest BCUT2D eigenvalue weighted by atomic mass is 10.2. The molecule has 2 N–H and O–H groups in total. The average molecular weight is 316 g/mol. The van der Waals surface area contributed by atoms with Gasteiger partial charge in [0.05, 0.1) is 11.9 Å². The van der Waals surface area contributed by atoms with Crippen LogP contribution in [-0.2, 0) is 11.3 Å². The van der Waals surface area contributed by atoms with Crippen LogP contribution in [0.25, 0.3) is 5.69 Å². The van der Waals surface area contributed by atoms with Crippen molar-refractivity contribution in [1.29, 1.82) is 0 Å². The Morgan fingerprint density at radius 2 is 2.27 bits per heavy atom. The molecule has 1 aromatic carbocycles. The van der Waals surface area contributed by atoms with Crippen molar-refractivity contribution in [2.75, 3.05) is 18.1 Å². The van der Waals surface area contributed by atoms with E-state index in [2.05, 4.69) is 15.7 Å². The Bertz CT molecular complexity index is 608. The van der Waals surface area contributed by atoms with Gasteiger partial charge in [-0.25, -0.2) is 4.68 Å². The third-order valence-corrected chi connectivity index (χ3v) is 4.71. The number of benzene rings is 1. The first kappa shape index (κ1) is 15.1. The lowest BCUT2D eigenvalue weighted by Gasteiger charge is -2.22. The van der Waals surface area contributed by atoms with E-state index in [4.69, 9.17) is 0 Å². The van der Waals surface area contributed by atoms with Crippen LogP contribution in [0.4, 0.5) is 0 Å². The fourth-order valence-corrected chi connectivity index (χ4v) is 3.37. The molecule has 0 radical (unpaired) electrons. The van der Waals surface area contributed by atoms with Crippen molar-refractivity contribution in [3.05, 3.63) is 48.3 Å². The summed E-state index contributed by atoms with van der Waals surface area (Å²) in [5.74, 6) is 2.24. The van der Waals surface area contributed by atoms with Crippen molar-refractivity contribution in [3.8, 4) is 5.69 Å². The van der Waals surface area contributed by atoms with Gasteiger partial charge in [-0.05, 0) is 12.1 Å². The maximum atomic E-state index is 12.0. The molecule has 22 heavy (non-hydrogen) atoms. The Labute approximate surface area is 134 Å². The Balaban J connectivity index is 1.49. The van der Waals surface area contributed by atoms with Gasteiger partial charge in [-0.2, -0.15) is 16.9 Å². The fraction of sp³-hybridized carbons (Fsp3) is 0.375. The fourth-order valence-electron chi connectivity index (χ4n) is 2.42. The second kappa shape index (κ2) is 7.47. The number of thioether (sulfide) groups is 1. The zero-order chi connectivity index (χ0) is 15.2. The second-order valence-electron chi connectivity index (χ2n) is 5.34. The summed E-state index contributed by atoms with van der Waals surface area (Å²) < 4.78 is 1.82. The van der Waals surface area contributed by atoms with Crippen LogP contribution in [0.15, 0.2) is 42.7 Å². The minimum Gasteiger partial charge on any atom is -0.352 e. The summed E-state index contributed by atoms with van der Waals surface area (Å²) >= 11 is 1.90. The lowest BCUT2D eigenvalue weighted by molar-refractivity contribution is -0.121. The summed E-state index contributed by atoms with van der Waals surface area (Å²) in [6.45, 7) is 1.51. The van der Waals surface area contributed by atoms with Gasteiger partial charge in [-0.3, -0.25) is 4.79 Å². The van der Waals surface area contributed by atoms with Gasteiger partial charge in [0.15, 0.2) is 0 Å². The van der Waals surface area contributed by atoms with Crippen LogP contribution in [0.3, 0.4) is 0 Å². The quantitative estimate of drug-likeness (QED) is 0.879. The van der Waals surface area contributed by atoms with Crippen molar-refractivity contribution >= 4 is 17.7 Å². The predicted octanol–water partition coefficient (Wildman–Crippen LogP) is 1.58. The molecular weight excluding hydrogens is 296 g/mol. The summed E-state index contributed by atoms with van der Waals surface area (Å²) in [4.78, 5) is 12.0. The Hall–Kier alpha value is -1.79. The first-order chi connectivity index (χ1) is 10.8. The molecule has 0 bridgehead atoms. The molecule has 1 amide bonds. The highest BCUT2D eigenvalue weighted by atomic mass is 32.2. The molecule has 0 saturated carbocycles. The van der Waals surface area contributed by atoms with Crippen LogP contribution in [0.1, 0.15) is 12.0 Å². The molecule has 5 nitrogen and oxygen atoms in total. The van der Waals surface area contributed by atoms with E-state index in [1.807, 2.05) is 53.0 Å². The normalized spacial score (nSPS) is 18.1. The van der Waals surface area contributed by atoms with Crippen LogP contribution in [-0.4, -0.2) is 39.8 Å². The smallest absolute Gasteiger partial charge is 0.221 e. The van der Waals surface area contributed by atoms with Crippen molar-refractivity contribution in [3.63, 3.8) is 0 Å². The summed E-state index contributed by atoms with van der Waals surface area (Å²) in [6, 6.07) is 10.2. The van der Waals surface area contributed by atoms with Gasteiger partial charge in [0.1, 0.15) is 0 Å². The number of hydrogen-bond acceptors (Lipinski definition) is 4. The molecule has 1 saturated heterocycles. The molecule has 1 aliphatic rings. The molecule has 1 unspecified atom stereocenters. The third kappa shape index (κ3) is 4.11. The minimum atomic E-state index is 0.0902. The zero-order valence-corrected chi connectivity index (χ0v) is 13.2. The molecule has 0 spiro atoms. The van der Waals surface area contributed by atoms with Gasteiger partial charge in [0.2, 0.25) is 5.91 Å². The maximum Gasteiger partial charge on any atom is 0.221 e. The molecule has 2 aromatic rings. The molecule has 1 fully saturated rings. The third-order valence-electron chi connectivity index (χ3n) is 3.58. The predicted molar refractivity (Wildman–Crippen MR) is 89.1 cm³/mol. The highest BCUT2D eigenvalue weighted by molar-refractivity contribution is 7.99. The Morgan fingerprint density at radius 1 is 1.41 bits per heavy atom. The van der Waals surface area contributed by atoms with E-state index in [-0.39, 0.29) is 5.91 Å². The van der Waals surface area contributed by atoms with Crippen molar-refractivity contribution in [1.82, 2.24) is 20.4 Å². The highest BCUT2D eigenvalue weighted by Crippen LogP contribution is 2.10. The van der Waals surface area contributed by atoms with Gasteiger partial charge < -0.3 is 10.6 Å². The van der Waals surface area contributed by atoms with E-state index in [0.29, 0.717) is 19.0 Å².